The van der Waals surface area contributed by atoms with Gasteiger partial charge in [0.2, 0.25) is 17.8 Å². The van der Waals surface area contributed by atoms with E-state index in [4.69, 9.17) is 16.6 Å². The van der Waals surface area contributed by atoms with Crippen LogP contribution in [0.3, 0.4) is 0 Å². The molecule has 17 heteroatoms. The number of benzene rings is 2. The highest BCUT2D eigenvalue weighted by Gasteiger charge is 2.45. The summed E-state index contributed by atoms with van der Waals surface area (Å²) in [5.74, 6) is -0.337. The molecule has 2 N–H and O–H groups in total. The Labute approximate surface area is 338 Å². The van der Waals surface area contributed by atoms with Crippen LogP contribution in [0.4, 0.5) is 23.1 Å². The molecule has 4 aliphatic rings. The van der Waals surface area contributed by atoms with Gasteiger partial charge in [0.05, 0.1) is 34.6 Å². The first-order valence-electron chi connectivity index (χ1n) is 19.5. The Morgan fingerprint density at radius 2 is 1.60 bits per heavy atom. The number of piperazine rings is 1. The number of fused-ring (bicyclic) bond motifs is 2. The molecule has 58 heavy (non-hydrogen) atoms. The van der Waals surface area contributed by atoms with Crippen LogP contribution in [0.5, 0.6) is 0 Å². The molecular weight excluding hydrogens is 762 g/mol. The average Bonchev–Trinajstić information content (AvgIpc) is 3.76. The van der Waals surface area contributed by atoms with Crippen molar-refractivity contribution in [1.29, 1.82) is 0 Å². The number of halogens is 1. The molecule has 0 radical (unpaired) electrons. The maximum Gasteiger partial charge on any atom is 0.262 e. The van der Waals surface area contributed by atoms with Gasteiger partial charge in [-0.3, -0.25) is 43.8 Å². The average molecular weight is 804 g/mol. The summed E-state index contributed by atoms with van der Waals surface area (Å²) in [6.45, 7) is 5.95. The number of anilines is 4. The molecule has 3 fully saturated rings. The standard InChI is InChI=1S/C41H42ClN11O5/c1-48-23-26(20-44-48)30-18-25-17-27(3-6-33(25)49(2)38(30)56)45-36-32(42)21-43-41(47-36)52-11-9-24(10-12-52)22-50-13-15-51(16-14-50)28-4-5-29-31(19-28)40(58)53(39(29)57)34-7-8-35(54)46-37(34)55/h3-6,17-21,23-24,34H,7-16,22H2,1-2H3,(H,43,45,47)(H,46,54,55). The zero-order valence-corrected chi connectivity index (χ0v) is 32.9. The van der Waals surface area contributed by atoms with E-state index in [2.05, 4.69) is 35.4 Å². The number of aryl methyl sites for hydroxylation is 2. The quantitative estimate of drug-likeness (QED) is 0.219. The van der Waals surface area contributed by atoms with Crippen LogP contribution in [0.1, 0.15) is 46.4 Å². The van der Waals surface area contributed by atoms with Gasteiger partial charge in [0, 0.05) is 94.9 Å². The number of carbonyl (C=O) groups is 4. The first-order chi connectivity index (χ1) is 28.0. The summed E-state index contributed by atoms with van der Waals surface area (Å²) >= 11 is 6.60. The Balaban J connectivity index is 0.791. The molecule has 298 valence electrons. The molecule has 4 aliphatic heterocycles. The molecule has 5 aromatic rings. The molecule has 16 nitrogen and oxygen atoms in total. The zero-order chi connectivity index (χ0) is 40.2. The topological polar surface area (TPSA) is 171 Å². The number of pyridine rings is 1. The van der Waals surface area contributed by atoms with Gasteiger partial charge < -0.3 is 19.7 Å². The molecule has 0 spiro atoms. The number of rotatable bonds is 8. The summed E-state index contributed by atoms with van der Waals surface area (Å²) in [5.41, 5.74) is 4.29. The van der Waals surface area contributed by atoms with Gasteiger partial charge in [-0.25, -0.2) is 4.98 Å². The van der Waals surface area contributed by atoms with Crippen LogP contribution in [-0.2, 0) is 23.7 Å². The molecule has 7 heterocycles. The number of aromatic nitrogens is 5. The number of hydrogen-bond acceptors (Lipinski definition) is 12. The summed E-state index contributed by atoms with van der Waals surface area (Å²) in [4.78, 5) is 81.0. The number of carbonyl (C=O) groups excluding carboxylic acids is 4. The van der Waals surface area contributed by atoms with Crippen LogP contribution in [-0.4, -0.2) is 110 Å². The van der Waals surface area contributed by atoms with E-state index in [1.165, 1.54) is 0 Å². The SMILES string of the molecule is Cn1cc(-c2cc3cc(Nc4nc(N5CCC(CN6CCN(c7ccc8c(c7)C(=O)N(C7CCC(=O)NC7=O)C8=O)CC6)CC5)ncc4Cl)ccc3n(C)c2=O)cn1. The van der Waals surface area contributed by atoms with Gasteiger partial charge >= 0.3 is 0 Å². The van der Waals surface area contributed by atoms with Gasteiger partial charge in [0.25, 0.3) is 17.4 Å². The second-order valence-electron chi connectivity index (χ2n) is 15.5. The van der Waals surface area contributed by atoms with E-state index in [1.807, 2.05) is 43.6 Å². The maximum atomic E-state index is 13.3. The fraction of sp³-hybridized carbons (Fsp3) is 0.366. The van der Waals surface area contributed by atoms with Crippen LogP contribution in [0.25, 0.3) is 22.0 Å². The molecule has 2 aromatic carbocycles. The third kappa shape index (κ3) is 6.95. The Kier molecular flexibility index (Phi) is 9.68. The van der Waals surface area contributed by atoms with Gasteiger partial charge in [-0.2, -0.15) is 10.1 Å². The van der Waals surface area contributed by atoms with Crippen LogP contribution in [0.2, 0.25) is 5.02 Å². The van der Waals surface area contributed by atoms with Crippen molar-refractivity contribution in [1.82, 2.24) is 39.4 Å². The molecule has 0 bridgehead atoms. The minimum absolute atomic E-state index is 0.0871. The van der Waals surface area contributed by atoms with Crippen molar-refractivity contribution in [3.63, 3.8) is 0 Å². The monoisotopic (exact) mass is 803 g/mol. The number of imide groups is 2. The van der Waals surface area contributed by atoms with Crippen LogP contribution >= 0.6 is 11.6 Å². The van der Waals surface area contributed by atoms with Crippen LogP contribution < -0.4 is 26.0 Å². The Hall–Kier alpha value is -6.13. The van der Waals surface area contributed by atoms with E-state index >= 15 is 0 Å². The molecule has 0 saturated carbocycles. The molecule has 9 rings (SSSR count). The minimum atomic E-state index is -0.980. The van der Waals surface area contributed by atoms with Crippen LogP contribution in [0, 0.1) is 5.92 Å². The lowest BCUT2D eigenvalue weighted by Crippen LogP contribution is -2.54. The zero-order valence-electron chi connectivity index (χ0n) is 32.2. The molecule has 3 saturated heterocycles. The molecule has 3 aromatic heterocycles. The second kappa shape index (κ2) is 15.0. The lowest BCUT2D eigenvalue weighted by atomic mass is 9.96. The Bertz CT molecular complexity index is 2560. The van der Waals surface area contributed by atoms with Crippen molar-refractivity contribution >= 4 is 69.3 Å². The number of nitrogens with zero attached hydrogens (tertiary/aromatic N) is 9. The van der Waals surface area contributed by atoms with Crippen molar-refractivity contribution in [2.75, 3.05) is 60.9 Å². The van der Waals surface area contributed by atoms with E-state index in [1.54, 1.807) is 40.8 Å². The fourth-order valence-electron chi connectivity index (χ4n) is 8.59. The highest BCUT2D eigenvalue weighted by Crippen LogP contribution is 2.33. The smallest absolute Gasteiger partial charge is 0.262 e. The van der Waals surface area contributed by atoms with E-state index in [9.17, 15) is 24.0 Å². The normalized spacial score (nSPS) is 19.3. The van der Waals surface area contributed by atoms with Crippen molar-refractivity contribution in [2.45, 2.75) is 31.7 Å². The highest BCUT2D eigenvalue weighted by atomic mass is 35.5. The Morgan fingerprint density at radius 1 is 0.828 bits per heavy atom. The van der Waals surface area contributed by atoms with Crippen molar-refractivity contribution < 1.29 is 19.2 Å². The third-order valence-electron chi connectivity index (χ3n) is 11.8. The summed E-state index contributed by atoms with van der Waals surface area (Å²) in [5, 5.41) is 11.1. The summed E-state index contributed by atoms with van der Waals surface area (Å²) < 4.78 is 3.32. The number of hydrogen-bond donors (Lipinski definition) is 2. The van der Waals surface area contributed by atoms with Crippen molar-refractivity contribution in [3.05, 3.63) is 87.6 Å². The molecule has 1 atom stereocenters. The largest absolute Gasteiger partial charge is 0.369 e. The van der Waals surface area contributed by atoms with E-state index < -0.39 is 29.7 Å². The third-order valence-corrected chi connectivity index (χ3v) is 12.1. The summed E-state index contributed by atoms with van der Waals surface area (Å²) in [6, 6.07) is 12.0. The van der Waals surface area contributed by atoms with Crippen molar-refractivity contribution in [2.24, 2.45) is 20.0 Å². The van der Waals surface area contributed by atoms with Crippen molar-refractivity contribution in [3.8, 4) is 11.1 Å². The van der Waals surface area contributed by atoms with E-state index in [0.717, 1.165) is 91.4 Å². The first kappa shape index (κ1) is 37.4. The molecule has 4 amide bonds. The predicted octanol–water partition coefficient (Wildman–Crippen LogP) is 3.57. The van der Waals surface area contributed by atoms with E-state index in [-0.39, 0.29) is 24.0 Å². The highest BCUT2D eigenvalue weighted by molar-refractivity contribution is 6.33. The van der Waals surface area contributed by atoms with Gasteiger partial charge in [-0.15, -0.1) is 0 Å². The van der Waals surface area contributed by atoms with Gasteiger partial charge in [-0.1, -0.05) is 11.6 Å². The number of nitrogens with one attached hydrogen (secondary N) is 2. The Morgan fingerprint density at radius 3 is 2.34 bits per heavy atom. The predicted molar refractivity (Wildman–Crippen MR) is 218 cm³/mol. The molecule has 0 aliphatic carbocycles. The number of piperidine rings is 2. The van der Waals surface area contributed by atoms with Gasteiger partial charge in [-0.05, 0) is 67.6 Å². The van der Waals surface area contributed by atoms with Gasteiger partial charge in [0.1, 0.15) is 11.1 Å². The second-order valence-corrected chi connectivity index (χ2v) is 15.9. The minimum Gasteiger partial charge on any atom is -0.369 e. The molecular formula is C41H42ClN11O5. The molecule has 1 unspecified atom stereocenters. The lowest BCUT2D eigenvalue weighted by Gasteiger charge is -2.39. The fourth-order valence-corrected chi connectivity index (χ4v) is 8.73. The summed E-state index contributed by atoms with van der Waals surface area (Å²) in [6.07, 6.45) is 7.37. The maximum absolute atomic E-state index is 13.3. The van der Waals surface area contributed by atoms with Gasteiger partial charge in [0.15, 0.2) is 5.82 Å². The lowest BCUT2D eigenvalue weighted by molar-refractivity contribution is -0.136. The number of amides is 4. The first-order valence-corrected chi connectivity index (χ1v) is 19.9. The summed E-state index contributed by atoms with van der Waals surface area (Å²) in [7, 11) is 3.59. The van der Waals surface area contributed by atoms with Crippen LogP contribution in [0.15, 0.2) is 65.8 Å². The van der Waals surface area contributed by atoms with E-state index in [0.29, 0.717) is 33.8 Å².